The Bertz CT molecular complexity index is 943. The summed E-state index contributed by atoms with van der Waals surface area (Å²) in [6.45, 7) is 6.41. The second kappa shape index (κ2) is 10.4. The lowest BCUT2D eigenvalue weighted by atomic mass is 9.96. The van der Waals surface area contributed by atoms with Crippen LogP contribution in [0.15, 0.2) is 23.1 Å². The van der Waals surface area contributed by atoms with Gasteiger partial charge < -0.3 is 14.5 Å². The summed E-state index contributed by atoms with van der Waals surface area (Å²) in [5, 5.41) is -0.247. The van der Waals surface area contributed by atoms with Crippen LogP contribution in [-0.2, 0) is 19.6 Å². The summed E-state index contributed by atoms with van der Waals surface area (Å²) in [6.07, 6.45) is 0.456. The van der Waals surface area contributed by atoms with Gasteiger partial charge in [0.2, 0.25) is 15.9 Å². The molecule has 11 heteroatoms. The van der Waals surface area contributed by atoms with E-state index in [1.165, 1.54) is 10.4 Å². The molecule has 1 aromatic carbocycles. The first-order chi connectivity index (χ1) is 15.1. The van der Waals surface area contributed by atoms with Crippen molar-refractivity contribution < 1.29 is 27.1 Å². The molecule has 0 bridgehead atoms. The number of sulfonamides is 1. The minimum atomic E-state index is -3.80. The maximum atomic E-state index is 13.4. The molecule has 0 spiro atoms. The first-order valence-electron chi connectivity index (χ1n) is 10.7. The van der Waals surface area contributed by atoms with Gasteiger partial charge in [-0.25, -0.2) is 17.6 Å². The Labute approximate surface area is 193 Å². The van der Waals surface area contributed by atoms with Crippen LogP contribution in [0.1, 0.15) is 26.7 Å². The van der Waals surface area contributed by atoms with E-state index in [4.69, 9.17) is 16.3 Å². The summed E-state index contributed by atoms with van der Waals surface area (Å²) < 4.78 is 45.6. The Hall–Kier alpha value is -1.91. The number of rotatable bonds is 5. The van der Waals surface area contributed by atoms with Crippen molar-refractivity contribution in [1.82, 2.24) is 14.1 Å². The van der Waals surface area contributed by atoms with Gasteiger partial charge in [-0.15, -0.1) is 0 Å². The molecule has 0 unspecified atom stereocenters. The SMILES string of the molecule is CC(C)COC(=O)N1CCN(C(=O)C2CCN(S(=O)(=O)c3ccc(F)c(Cl)c3)CC2)CC1. The molecular weight excluding hydrogens is 461 g/mol. The average molecular weight is 490 g/mol. The van der Waals surface area contributed by atoms with E-state index in [1.807, 2.05) is 13.8 Å². The molecular formula is C21H29ClFN3O5S. The Kier molecular flexibility index (Phi) is 8.00. The van der Waals surface area contributed by atoms with Crippen LogP contribution in [0.2, 0.25) is 5.02 Å². The van der Waals surface area contributed by atoms with Crippen molar-refractivity contribution in [2.45, 2.75) is 31.6 Å². The van der Waals surface area contributed by atoms with Gasteiger partial charge >= 0.3 is 6.09 Å². The van der Waals surface area contributed by atoms with E-state index in [-0.39, 0.29) is 46.8 Å². The molecule has 3 rings (SSSR count). The third kappa shape index (κ3) is 5.71. The average Bonchev–Trinajstić information content (AvgIpc) is 2.78. The molecule has 2 aliphatic rings. The van der Waals surface area contributed by atoms with Crippen LogP contribution in [0.4, 0.5) is 9.18 Å². The highest BCUT2D eigenvalue weighted by Crippen LogP contribution is 2.27. The number of carbonyl (C=O) groups is 2. The lowest BCUT2D eigenvalue weighted by Gasteiger charge is -2.38. The summed E-state index contributed by atoms with van der Waals surface area (Å²) in [5.41, 5.74) is 0. The molecule has 2 aliphatic heterocycles. The van der Waals surface area contributed by atoms with Gasteiger partial charge in [-0.1, -0.05) is 25.4 Å². The van der Waals surface area contributed by atoms with Crippen molar-refractivity contribution in [3.8, 4) is 0 Å². The maximum Gasteiger partial charge on any atom is 0.409 e. The van der Waals surface area contributed by atoms with E-state index in [2.05, 4.69) is 0 Å². The van der Waals surface area contributed by atoms with Crippen LogP contribution in [0, 0.1) is 17.7 Å². The summed E-state index contributed by atoms with van der Waals surface area (Å²) >= 11 is 5.73. The standard InChI is InChI=1S/C21H29ClFN3O5S/c1-15(2)14-31-21(28)25-11-9-24(10-12-25)20(27)16-5-7-26(8-6-16)32(29,30)17-3-4-19(23)18(22)13-17/h3-4,13,15-16H,5-12,14H2,1-2H3. The van der Waals surface area contributed by atoms with E-state index < -0.39 is 15.8 Å². The molecule has 178 valence electrons. The van der Waals surface area contributed by atoms with Crippen molar-refractivity contribution in [2.24, 2.45) is 11.8 Å². The number of carbonyl (C=O) groups excluding carboxylic acids is 2. The molecule has 2 amide bonds. The van der Waals surface area contributed by atoms with Gasteiger partial charge in [0.05, 0.1) is 16.5 Å². The third-order valence-corrected chi connectivity index (χ3v) is 7.91. The van der Waals surface area contributed by atoms with Gasteiger partial charge in [0.1, 0.15) is 5.82 Å². The lowest BCUT2D eigenvalue weighted by molar-refractivity contribution is -0.138. The number of benzene rings is 1. The van der Waals surface area contributed by atoms with Crippen molar-refractivity contribution in [1.29, 1.82) is 0 Å². The van der Waals surface area contributed by atoms with Gasteiger partial charge in [0, 0.05) is 45.2 Å². The predicted octanol–water partition coefficient (Wildman–Crippen LogP) is 2.82. The van der Waals surface area contributed by atoms with Crippen LogP contribution in [-0.4, -0.2) is 80.4 Å². The van der Waals surface area contributed by atoms with Gasteiger partial charge in [-0.05, 0) is 37.0 Å². The first-order valence-corrected chi connectivity index (χ1v) is 12.6. The van der Waals surface area contributed by atoms with Crippen LogP contribution in [0.25, 0.3) is 0 Å². The van der Waals surface area contributed by atoms with Crippen LogP contribution in [0.5, 0.6) is 0 Å². The Morgan fingerprint density at radius 2 is 1.69 bits per heavy atom. The first kappa shape index (κ1) is 24.7. The second-order valence-corrected chi connectivity index (χ2v) is 10.9. The Morgan fingerprint density at radius 1 is 1.09 bits per heavy atom. The molecule has 32 heavy (non-hydrogen) atoms. The number of amides is 2. The number of piperazine rings is 1. The molecule has 2 heterocycles. The van der Waals surface area contributed by atoms with E-state index >= 15 is 0 Å². The molecule has 2 fully saturated rings. The predicted molar refractivity (Wildman–Crippen MR) is 117 cm³/mol. The molecule has 0 aliphatic carbocycles. The largest absolute Gasteiger partial charge is 0.449 e. The molecule has 0 saturated carbocycles. The highest BCUT2D eigenvalue weighted by molar-refractivity contribution is 7.89. The quantitative estimate of drug-likeness (QED) is 0.634. The zero-order valence-corrected chi connectivity index (χ0v) is 19.9. The van der Waals surface area contributed by atoms with Gasteiger partial charge in [-0.2, -0.15) is 4.31 Å². The number of ether oxygens (including phenoxy) is 1. The van der Waals surface area contributed by atoms with E-state index in [0.29, 0.717) is 45.6 Å². The number of hydrogen-bond acceptors (Lipinski definition) is 5. The molecule has 0 aromatic heterocycles. The number of piperidine rings is 1. The third-order valence-electron chi connectivity index (χ3n) is 5.72. The van der Waals surface area contributed by atoms with Gasteiger partial charge in [0.25, 0.3) is 0 Å². The molecule has 2 saturated heterocycles. The maximum absolute atomic E-state index is 13.4. The minimum Gasteiger partial charge on any atom is -0.449 e. The fraction of sp³-hybridized carbons (Fsp3) is 0.619. The summed E-state index contributed by atoms with van der Waals surface area (Å²) in [7, 11) is -3.80. The monoisotopic (exact) mass is 489 g/mol. The zero-order valence-electron chi connectivity index (χ0n) is 18.3. The van der Waals surface area contributed by atoms with Crippen LogP contribution < -0.4 is 0 Å². The highest BCUT2D eigenvalue weighted by Gasteiger charge is 2.35. The van der Waals surface area contributed by atoms with Crippen molar-refractivity contribution in [3.05, 3.63) is 29.0 Å². The molecule has 0 N–H and O–H groups in total. The fourth-order valence-corrected chi connectivity index (χ4v) is 5.57. The molecule has 0 radical (unpaired) electrons. The topological polar surface area (TPSA) is 87.2 Å². The van der Waals surface area contributed by atoms with Gasteiger partial charge in [-0.3, -0.25) is 4.79 Å². The smallest absolute Gasteiger partial charge is 0.409 e. The number of hydrogen-bond donors (Lipinski definition) is 0. The van der Waals surface area contributed by atoms with Crippen molar-refractivity contribution >= 4 is 33.6 Å². The van der Waals surface area contributed by atoms with E-state index in [9.17, 15) is 22.4 Å². The summed E-state index contributed by atoms with van der Waals surface area (Å²) in [6, 6.07) is 3.33. The molecule has 8 nitrogen and oxygen atoms in total. The summed E-state index contributed by atoms with van der Waals surface area (Å²) in [5.74, 6) is -0.695. The van der Waals surface area contributed by atoms with E-state index in [0.717, 1.165) is 12.1 Å². The molecule has 1 aromatic rings. The normalized spacial score (nSPS) is 18.8. The fourth-order valence-electron chi connectivity index (χ4n) is 3.83. The summed E-state index contributed by atoms with van der Waals surface area (Å²) in [4.78, 5) is 28.3. The molecule has 0 atom stereocenters. The Balaban J connectivity index is 1.50. The lowest BCUT2D eigenvalue weighted by Crippen LogP contribution is -2.53. The van der Waals surface area contributed by atoms with Crippen molar-refractivity contribution in [3.63, 3.8) is 0 Å². The zero-order chi connectivity index (χ0) is 23.5. The Morgan fingerprint density at radius 3 is 2.25 bits per heavy atom. The highest BCUT2D eigenvalue weighted by atomic mass is 35.5. The number of halogens is 2. The van der Waals surface area contributed by atoms with Crippen LogP contribution >= 0.6 is 11.6 Å². The van der Waals surface area contributed by atoms with E-state index in [1.54, 1.807) is 9.80 Å². The second-order valence-electron chi connectivity index (χ2n) is 8.54. The minimum absolute atomic E-state index is 0.0120. The number of nitrogens with zero attached hydrogens (tertiary/aromatic N) is 3. The van der Waals surface area contributed by atoms with Crippen molar-refractivity contribution in [2.75, 3.05) is 45.9 Å². The van der Waals surface area contributed by atoms with Crippen LogP contribution in [0.3, 0.4) is 0 Å². The van der Waals surface area contributed by atoms with Gasteiger partial charge in [0.15, 0.2) is 0 Å².